The number of methoxy groups -OCH3 is 2. The zero-order chi connectivity index (χ0) is 20.2. The maximum atomic E-state index is 12.4. The van der Waals surface area contributed by atoms with Gasteiger partial charge in [-0.1, -0.05) is 17.7 Å². The van der Waals surface area contributed by atoms with E-state index in [1.165, 1.54) is 10.5 Å². The molecule has 27 heavy (non-hydrogen) atoms. The summed E-state index contributed by atoms with van der Waals surface area (Å²) in [5, 5.41) is 11.1. The van der Waals surface area contributed by atoms with Crippen LogP contribution in [-0.2, 0) is 11.2 Å². The molecule has 150 valence electrons. The third-order valence-corrected chi connectivity index (χ3v) is 5.31. The van der Waals surface area contributed by atoms with E-state index in [1.807, 2.05) is 32.0 Å². The van der Waals surface area contributed by atoms with Gasteiger partial charge in [0.15, 0.2) is 22.8 Å². The molecule has 0 bridgehead atoms. The molecule has 6 nitrogen and oxygen atoms in total. The van der Waals surface area contributed by atoms with Crippen LogP contribution in [0.5, 0.6) is 11.5 Å². The molecule has 0 aromatic heterocycles. The third-order valence-electron chi connectivity index (χ3n) is 5.31. The van der Waals surface area contributed by atoms with Crippen molar-refractivity contribution in [3.63, 3.8) is 0 Å². The van der Waals surface area contributed by atoms with E-state index in [4.69, 9.17) is 14.2 Å². The fraction of sp³-hybridized carbons (Fsp3) is 0.571. The zero-order valence-corrected chi connectivity index (χ0v) is 17.2. The van der Waals surface area contributed by atoms with E-state index < -0.39 is 17.4 Å². The van der Waals surface area contributed by atoms with Crippen molar-refractivity contribution >= 4 is 6.09 Å². The molecule has 0 spiro atoms. The van der Waals surface area contributed by atoms with E-state index >= 15 is 0 Å². The number of benzene rings is 1. The molecule has 1 saturated heterocycles. The van der Waals surface area contributed by atoms with Gasteiger partial charge in [0.05, 0.1) is 14.2 Å². The molecule has 0 saturated carbocycles. The summed E-state index contributed by atoms with van der Waals surface area (Å²) >= 11 is 0. The minimum Gasteiger partial charge on any atom is -0.493 e. The molecular formula is C21H31NO5. The Morgan fingerprint density at radius 1 is 1.22 bits per heavy atom. The standard InChI is InChI=1S/C21H31NO5/c1-15(2)8-7-12-20(3)21(4,24)22(19(23)27-20)13-11-16-9-10-17(25-5)18(14-16)26-6/h8-10,14,24H,7,11-13H2,1-6H3/t20-,21+/m0/s1. The molecule has 0 radical (unpaired) electrons. The van der Waals surface area contributed by atoms with Crippen LogP contribution in [0.15, 0.2) is 29.8 Å². The predicted octanol–water partition coefficient (Wildman–Crippen LogP) is 3.91. The fourth-order valence-electron chi connectivity index (χ4n) is 3.32. The molecule has 1 aliphatic rings. The number of cyclic esters (lactones) is 1. The van der Waals surface area contributed by atoms with Gasteiger partial charge in [0.1, 0.15) is 0 Å². The minimum absolute atomic E-state index is 0.347. The number of carbonyl (C=O) groups excluding carboxylic acids is 1. The van der Waals surface area contributed by atoms with Gasteiger partial charge in [-0.3, -0.25) is 4.90 Å². The highest BCUT2D eigenvalue weighted by Gasteiger charge is 2.58. The monoisotopic (exact) mass is 377 g/mol. The molecule has 1 N–H and O–H groups in total. The zero-order valence-electron chi connectivity index (χ0n) is 17.2. The summed E-state index contributed by atoms with van der Waals surface area (Å²) in [6.07, 6.45) is 3.47. The average molecular weight is 377 g/mol. The lowest BCUT2D eigenvalue weighted by molar-refractivity contribution is -0.138. The first-order chi connectivity index (χ1) is 12.6. The molecule has 1 amide bonds. The number of hydrogen-bond acceptors (Lipinski definition) is 5. The highest BCUT2D eigenvalue weighted by Crippen LogP contribution is 2.41. The molecule has 1 fully saturated rings. The highest BCUT2D eigenvalue weighted by molar-refractivity contribution is 5.72. The summed E-state index contributed by atoms with van der Waals surface area (Å²) in [5.41, 5.74) is -0.147. The number of allylic oxidation sites excluding steroid dienone is 2. The summed E-state index contributed by atoms with van der Waals surface area (Å²) in [4.78, 5) is 13.8. The molecule has 0 aliphatic carbocycles. The maximum absolute atomic E-state index is 12.4. The van der Waals surface area contributed by atoms with Crippen LogP contribution in [0.1, 0.15) is 46.1 Å². The lowest BCUT2D eigenvalue weighted by Crippen LogP contribution is -2.55. The quantitative estimate of drug-likeness (QED) is 0.696. The van der Waals surface area contributed by atoms with Gasteiger partial charge < -0.3 is 19.3 Å². The Bertz CT molecular complexity index is 709. The first kappa shape index (κ1) is 21.1. The van der Waals surface area contributed by atoms with Gasteiger partial charge in [0.2, 0.25) is 0 Å². The van der Waals surface area contributed by atoms with E-state index in [0.717, 1.165) is 12.0 Å². The molecule has 2 rings (SSSR count). The summed E-state index contributed by atoms with van der Waals surface area (Å²) < 4.78 is 16.2. The van der Waals surface area contributed by atoms with Crippen LogP contribution in [-0.4, -0.2) is 48.2 Å². The Hall–Kier alpha value is -2.21. The van der Waals surface area contributed by atoms with Gasteiger partial charge in [-0.25, -0.2) is 4.79 Å². The van der Waals surface area contributed by atoms with E-state index in [1.54, 1.807) is 28.1 Å². The van der Waals surface area contributed by atoms with Gasteiger partial charge in [0.25, 0.3) is 0 Å². The second-order valence-electron chi connectivity index (χ2n) is 7.53. The Kier molecular flexibility index (Phi) is 6.42. The Labute approximate surface area is 161 Å². The van der Waals surface area contributed by atoms with Crippen LogP contribution in [0.4, 0.5) is 4.79 Å². The first-order valence-electron chi connectivity index (χ1n) is 9.22. The topological polar surface area (TPSA) is 68.2 Å². The lowest BCUT2D eigenvalue weighted by Gasteiger charge is -2.37. The number of nitrogens with zero attached hydrogens (tertiary/aromatic N) is 1. The summed E-state index contributed by atoms with van der Waals surface area (Å²) in [7, 11) is 3.17. The van der Waals surface area contributed by atoms with Crippen LogP contribution in [0.25, 0.3) is 0 Å². The Balaban J connectivity index is 2.10. The third kappa shape index (κ3) is 4.38. The normalized spacial score (nSPS) is 24.6. The van der Waals surface area contributed by atoms with Crippen LogP contribution in [0, 0.1) is 0 Å². The second kappa shape index (κ2) is 8.21. The van der Waals surface area contributed by atoms with E-state index in [-0.39, 0.29) is 0 Å². The van der Waals surface area contributed by atoms with Crippen molar-refractivity contribution < 1.29 is 24.1 Å². The summed E-state index contributed by atoms with van der Waals surface area (Å²) in [6, 6.07) is 5.63. The van der Waals surface area contributed by atoms with Crippen molar-refractivity contribution in [3.05, 3.63) is 35.4 Å². The fourth-order valence-corrected chi connectivity index (χ4v) is 3.32. The van der Waals surface area contributed by atoms with Crippen molar-refractivity contribution in [2.24, 2.45) is 0 Å². The molecule has 6 heteroatoms. The largest absolute Gasteiger partial charge is 0.493 e. The van der Waals surface area contributed by atoms with E-state index in [2.05, 4.69) is 6.08 Å². The molecule has 2 atom stereocenters. The van der Waals surface area contributed by atoms with Gasteiger partial charge in [-0.05, 0) is 64.7 Å². The van der Waals surface area contributed by atoms with Crippen LogP contribution < -0.4 is 9.47 Å². The van der Waals surface area contributed by atoms with Gasteiger partial charge in [-0.15, -0.1) is 0 Å². The number of hydrogen-bond donors (Lipinski definition) is 1. The lowest BCUT2D eigenvalue weighted by atomic mass is 9.88. The van der Waals surface area contributed by atoms with Crippen molar-refractivity contribution in [2.75, 3.05) is 20.8 Å². The smallest absolute Gasteiger partial charge is 0.412 e. The summed E-state index contributed by atoms with van der Waals surface area (Å²) in [6.45, 7) is 7.84. The van der Waals surface area contributed by atoms with Crippen molar-refractivity contribution in [1.82, 2.24) is 4.90 Å². The summed E-state index contributed by atoms with van der Waals surface area (Å²) in [5.74, 6) is 1.29. The Morgan fingerprint density at radius 2 is 1.89 bits per heavy atom. The van der Waals surface area contributed by atoms with Crippen LogP contribution in [0.3, 0.4) is 0 Å². The van der Waals surface area contributed by atoms with Crippen molar-refractivity contribution in [2.45, 2.75) is 58.3 Å². The second-order valence-corrected chi connectivity index (χ2v) is 7.53. The number of carbonyl (C=O) groups is 1. The molecule has 1 aliphatic heterocycles. The van der Waals surface area contributed by atoms with Crippen molar-refractivity contribution in [1.29, 1.82) is 0 Å². The highest BCUT2D eigenvalue weighted by atomic mass is 16.6. The number of amides is 1. The van der Waals surface area contributed by atoms with Gasteiger partial charge >= 0.3 is 6.09 Å². The average Bonchev–Trinajstić information content (AvgIpc) is 2.77. The molecule has 1 aromatic rings. The molecule has 1 aromatic carbocycles. The molecular weight excluding hydrogens is 346 g/mol. The SMILES string of the molecule is COc1ccc(CCN2C(=O)O[C@@](C)(CCC=C(C)C)[C@@]2(C)O)cc1OC. The van der Waals surface area contributed by atoms with E-state index in [0.29, 0.717) is 30.9 Å². The van der Waals surface area contributed by atoms with Crippen molar-refractivity contribution in [3.8, 4) is 11.5 Å². The van der Waals surface area contributed by atoms with E-state index in [9.17, 15) is 9.90 Å². The van der Waals surface area contributed by atoms with Gasteiger partial charge in [0, 0.05) is 6.54 Å². The number of aliphatic hydroxyl groups is 1. The molecule has 0 unspecified atom stereocenters. The van der Waals surface area contributed by atoms with Crippen LogP contribution in [0.2, 0.25) is 0 Å². The van der Waals surface area contributed by atoms with Gasteiger partial charge in [-0.2, -0.15) is 0 Å². The van der Waals surface area contributed by atoms with Crippen LogP contribution >= 0.6 is 0 Å². The first-order valence-corrected chi connectivity index (χ1v) is 9.22. The molecule has 1 heterocycles. The number of rotatable bonds is 8. The minimum atomic E-state index is -1.38. The number of ether oxygens (including phenoxy) is 3. The Morgan fingerprint density at radius 3 is 2.48 bits per heavy atom. The maximum Gasteiger partial charge on any atom is 0.412 e. The predicted molar refractivity (Wildman–Crippen MR) is 104 cm³/mol.